The molecule has 0 bridgehead atoms. The van der Waals surface area contributed by atoms with E-state index < -0.39 is 24.4 Å². The molecular weight excluding hydrogens is 406 g/mol. The number of fused-ring (bicyclic) bond motifs is 2. The van der Waals surface area contributed by atoms with E-state index in [9.17, 15) is 18.4 Å². The first-order valence-corrected chi connectivity index (χ1v) is 9.81. The number of rotatable bonds is 3. The van der Waals surface area contributed by atoms with Gasteiger partial charge in [0.1, 0.15) is 0 Å². The summed E-state index contributed by atoms with van der Waals surface area (Å²) in [6.07, 6.45) is -2.03. The Hall–Kier alpha value is -3.75. The van der Waals surface area contributed by atoms with Crippen LogP contribution >= 0.6 is 0 Å². The average molecular weight is 424 g/mol. The maximum atomic E-state index is 14.6. The number of nitrogens with zero attached hydrogens (tertiary/aromatic N) is 2. The van der Waals surface area contributed by atoms with Crippen molar-refractivity contribution in [3.8, 4) is 5.88 Å². The number of alkyl halides is 2. The van der Waals surface area contributed by atoms with E-state index in [0.717, 1.165) is 5.39 Å². The number of H-pyrrole nitrogens is 2. The van der Waals surface area contributed by atoms with Crippen LogP contribution in [-0.2, 0) is 0 Å². The van der Waals surface area contributed by atoms with E-state index in [1.54, 1.807) is 30.3 Å². The van der Waals surface area contributed by atoms with Crippen molar-refractivity contribution in [3.05, 3.63) is 70.6 Å². The Kier molecular flexibility index (Phi) is 4.46. The second kappa shape index (κ2) is 7.19. The molecule has 9 heteroatoms. The van der Waals surface area contributed by atoms with Crippen molar-refractivity contribution in [2.24, 2.45) is 0 Å². The molecule has 1 saturated heterocycles. The molecule has 5 rings (SSSR count). The van der Waals surface area contributed by atoms with Gasteiger partial charge in [0, 0.05) is 30.0 Å². The summed E-state index contributed by atoms with van der Waals surface area (Å²) < 4.78 is 34.7. The fraction of sp³-hybridized carbons (Fsp3) is 0.227. The highest BCUT2D eigenvalue weighted by atomic mass is 19.3. The van der Waals surface area contributed by atoms with Crippen LogP contribution in [-0.4, -0.2) is 50.9 Å². The molecule has 2 N–H and O–H groups in total. The van der Waals surface area contributed by atoms with Gasteiger partial charge in [-0.15, -0.1) is 0 Å². The summed E-state index contributed by atoms with van der Waals surface area (Å²) >= 11 is 0. The largest absolute Gasteiger partial charge is 0.466 e. The maximum absolute atomic E-state index is 14.6. The summed E-state index contributed by atoms with van der Waals surface area (Å²) in [5.74, 6) is -3.41. The number of nitrogens with one attached hydrogen (secondary N) is 2. The van der Waals surface area contributed by atoms with Gasteiger partial charge in [0.2, 0.25) is 5.88 Å². The molecule has 0 aliphatic carbocycles. The molecule has 7 nitrogen and oxygen atoms in total. The number of hydrogen-bond acceptors (Lipinski definition) is 4. The standard InChI is InChI=1S/C22H18F2N4O3/c23-22(24)9-10-28(20(29)14-5-7-16-17(11-14)27-21(30)26-16)12-18(22)31-19-8-6-13-3-1-2-4-15(13)25-19/h1-8,11,18H,9-10,12H2,(H2,26,27,30)/t18-/m0/s1. The Labute approximate surface area is 174 Å². The van der Waals surface area contributed by atoms with Crippen molar-refractivity contribution < 1.29 is 18.3 Å². The summed E-state index contributed by atoms with van der Waals surface area (Å²) in [6.45, 7) is -0.374. The van der Waals surface area contributed by atoms with Gasteiger partial charge in [-0.25, -0.2) is 18.6 Å². The zero-order chi connectivity index (χ0) is 21.6. The smallest absolute Gasteiger partial charge is 0.323 e. The van der Waals surface area contributed by atoms with E-state index in [1.807, 2.05) is 18.2 Å². The summed E-state index contributed by atoms with van der Waals surface area (Å²) in [7, 11) is 0. The molecular formula is C22H18F2N4O3. The lowest BCUT2D eigenvalue weighted by Gasteiger charge is -2.38. The van der Waals surface area contributed by atoms with Crippen LogP contribution in [0.4, 0.5) is 8.78 Å². The Bertz CT molecular complexity index is 1350. The van der Waals surface area contributed by atoms with E-state index in [2.05, 4.69) is 15.0 Å². The Morgan fingerprint density at radius 2 is 1.90 bits per heavy atom. The van der Waals surface area contributed by atoms with Crippen LogP contribution < -0.4 is 10.4 Å². The summed E-state index contributed by atoms with van der Waals surface area (Å²) in [5.41, 5.74) is 1.60. The number of piperidine rings is 1. The molecule has 0 spiro atoms. The average Bonchev–Trinajstić information content (AvgIpc) is 3.13. The van der Waals surface area contributed by atoms with Gasteiger partial charge in [-0.2, -0.15) is 0 Å². The van der Waals surface area contributed by atoms with Crippen molar-refractivity contribution in [2.75, 3.05) is 13.1 Å². The van der Waals surface area contributed by atoms with Crippen molar-refractivity contribution in [2.45, 2.75) is 18.4 Å². The number of hydrogen-bond donors (Lipinski definition) is 2. The van der Waals surface area contributed by atoms with E-state index in [4.69, 9.17) is 4.74 Å². The summed E-state index contributed by atoms with van der Waals surface area (Å²) in [6, 6.07) is 15.3. The molecule has 31 heavy (non-hydrogen) atoms. The highest BCUT2D eigenvalue weighted by molar-refractivity contribution is 5.97. The first kappa shape index (κ1) is 19.2. The van der Waals surface area contributed by atoms with Crippen molar-refractivity contribution in [3.63, 3.8) is 0 Å². The third-order valence-electron chi connectivity index (χ3n) is 5.46. The number of amides is 1. The molecule has 0 unspecified atom stereocenters. The van der Waals surface area contributed by atoms with Gasteiger partial charge in [-0.1, -0.05) is 18.2 Å². The zero-order valence-corrected chi connectivity index (χ0v) is 16.3. The molecule has 2 aromatic carbocycles. The molecule has 1 amide bonds. The van der Waals surface area contributed by atoms with Gasteiger partial charge in [0.05, 0.1) is 23.1 Å². The first-order valence-electron chi connectivity index (χ1n) is 9.81. The quantitative estimate of drug-likeness (QED) is 0.528. The molecule has 3 heterocycles. The molecule has 1 atom stereocenters. The van der Waals surface area contributed by atoms with Crippen LogP contribution in [0.3, 0.4) is 0 Å². The maximum Gasteiger partial charge on any atom is 0.323 e. The summed E-state index contributed by atoms with van der Waals surface area (Å²) in [4.78, 5) is 35.2. The lowest BCUT2D eigenvalue weighted by atomic mass is 10.0. The number of pyridine rings is 1. The van der Waals surface area contributed by atoms with Crippen molar-refractivity contribution in [1.29, 1.82) is 0 Å². The SMILES string of the molecule is O=C(c1ccc2[nH]c(=O)[nH]c2c1)N1CCC(F)(F)[C@@H](Oc2ccc3ccccc3n2)C1. The number of likely N-dealkylation sites (tertiary alicyclic amines) is 1. The number of benzene rings is 2. The molecule has 1 aliphatic rings. The number of ether oxygens (including phenoxy) is 1. The van der Waals surface area contributed by atoms with Crippen LogP contribution in [0.2, 0.25) is 0 Å². The van der Waals surface area contributed by atoms with Gasteiger partial charge >= 0.3 is 5.69 Å². The monoisotopic (exact) mass is 424 g/mol. The Morgan fingerprint density at radius 1 is 1.10 bits per heavy atom. The molecule has 1 fully saturated rings. The van der Waals surface area contributed by atoms with Crippen LogP contribution in [0, 0.1) is 0 Å². The van der Waals surface area contributed by atoms with Crippen LogP contribution in [0.1, 0.15) is 16.8 Å². The van der Waals surface area contributed by atoms with Crippen LogP contribution in [0.15, 0.2) is 59.4 Å². The van der Waals surface area contributed by atoms with Gasteiger partial charge < -0.3 is 19.6 Å². The minimum absolute atomic E-state index is 0.0870. The normalized spacial score (nSPS) is 18.4. The predicted molar refractivity (Wildman–Crippen MR) is 111 cm³/mol. The molecule has 2 aromatic heterocycles. The highest BCUT2D eigenvalue weighted by Gasteiger charge is 2.47. The van der Waals surface area contributed by atoms with Gasteiger partial charge in [-0.05, 0) is 30.3 Å². The number of halogens is 2. The minimum Gasteiger partial charge on any atom is -0.466 e. The molecule has 1 aliphatic heterocycles. The zero-order valence-electron chi connectivity index (χ0n) is 16.3. The lowest BCUT2D eigenvalue weighted by Crippen LogP contribution is -2.55. The fourth-order valence-electron chi connectivity index (χ4n) is 3.78. The number of para-hydroxylation sites is 1. The van der Waals surface area contributed by atoms with Crippen molar-refractivity contribution >= 4 is 27.8 Å². The number of aromatic amines is 2. The molecule has 0 radical (unpaired) electrons. The molecule has 0 saturated carbocycles. The topological polar surface area (TPSA) is 91.1 Å². The highest BCUT2D eigenvalue weighted by Crippen LogP contribution is 2.32. The Balaban J connectivity index is 1.38. The van der Waals surface area contributed by atoms with E-state index in [0.29, 0.717) is 22.1 Å². The summed E-state index contributed by atoms with van der Waals surface area (Å²) in [5, 5.41) is 0.875. The van der Waals surface area contributed by atoms with Crippen LogP contribution in [0.25, 0.3) is 21.9 Å². The predicted octanol–water partition coefficient (Wildman–Crippen LogP) is 3.33. The third kappa shape index (κ3) is 3.63. The third-order valence-corrected chi connectivity index (χ3v) is 5.46. The fourth-order valence-corrected chi connectivity index (χ4v) is 3.78. The van der Waals surface area contributed by atoms with E-state index in [1.165, 1.54) is 11.0 Å². The van der Waals surface area contributed by atoms with Gasteiger partial charge in [-0.3, -0.25) is 4.79 Å². The molecule has 158 valence electrons. The minimum atomic E-state index is -3.10. The lowest BCUT2D eigenvalue weighted by molar-refractivity contribution is -0.131. The second-order valence-corrected chi connectivity index (χ2v) is 7.55. The number of carbonyl (C=O) groups excluding carboxylic acids is 1. The van der Waals surface area contributed by atoms with Gasteiger partial charge in [0.25, 0.3) is 11.8 Å². The Morgan fingerprint density at radius 3 is 2.77 bits per heavy atom. The number of carbonyl (C=O) groups is 1. The number of aromatic nitrogens is 3. The van der Waals surface area contributed by atoms with Crippen molar-refractivity contribution in [1.82, 2.24) is 19.9 Å². The van der Waals surface area contributed by atoms with E-state index in [-0.39, 0.29) is 24.7 Å². The van der Waals surface area contributed by atoms with Crippen LogP contribution in [0.5, 0.6) is 5.88 Å². The van der Waals surface area contributed by atoms with E-state index >= 15 is 0 Å². The number of imidazole rings is 1. The first-order chi connectivity index (χ1) is 14.9. The molecule has 4 aromatic rings. The second-order valence-electron chi connectivity index (χ2n) is 7.55. The van der Waals surface area contributed by atoms with Gasteiger partial charge in [0.15, 0.2) is 6.10 Å².